The predicted molar refractivity (Wildman–Crippen MR) is 105 cm³/mol. The number of anilines is 1. The highest BCUT2D eigenvalue weighted by atomic mass is 32.1. The lowest BCUT2D eigenvalue weighted by atomic mass is 10.1. The average Bonchev–Trinajstić information content (AvgIpc) is 2.99. The number of amides is 1. The van der Waals surface area contributed by atoms with Crippen LogP contribution in [0, 0.1) is 5.82 Å². The number of hydrogen-bond donors (Lipinski definition) is 2. The fourth-order valence-corrected chi connectivity index (χ4v) is 3.37. The molecule has 2 N–H and O–H groups in total. The minimum atomic E-state index is -0.388. The highest BCUT2D eigenvalue weighted by Gasteiger charge is 2.18. The number of hydrogen-bond acceptors (Lipinski definition) is 2. The van der Waals surface area contributed by atoms with Gasteiger partial charge >= 0.3 is 0 Å². The number of carbonyl (C=O) groups excluding carboxylic acids is 1. The van der Waals surface area contributed by atoms with Crippen LogP contribution in [0.15, 0.2) is 66.7 Å². The Kier molecular flexibility index (Phi) is 4.22. The van der Waals surface area contributed by atoms with Crippen molar-refractivity contribution in [2.24, 2.45) is 0 Å². The molecule has 0 spiro atoms. The van der Waals surface area contributed by atoms with Crippen LogP contribution in [0.4, 0.5) is 10.1 Å². The van der Waals surface area contributed by atoms with E-state index in [2.05, 4.69) is 28.8 Å². The van der Waals surface area contributed by atoms with E-state index in [-0.39, 0.29) is 16.8 Å². The molecule has 3 nitrogen and oxygen atoms in total. The van der Waals surface area contributed by atoms with Gasteiger partial charge in [-0.05, 0) is 77.3 Å². The van der Waals surface area contributed by atoms with E-state index < -0.39 is 0 Å². The van der Waals surface area contributed by atoms with Crippen LogP contribution < -0.4 is 10.6 Å². The highest BCUT2D eigenvalue weighted by molar-refractivity contribution is 7.80. The lowest BCUT2D eigenvalue weighted by molar-refractivity contribution is 0.0977. The molecule has 128 valence electrons. The van der Waals surface area contributed by atoms with E-state index in [1.54, 1.807) is 0 Å². The minimum absolute atomic E-state index is 0.204. The summed E-state index contributed by atoms with van der Waals surface area (Å²) in [7, 11) is 0. The molecule has 0 radical (unpaired) electrons. The predicted octanol–water partition coefficient (Wildman–Crippen LogP) is 4.52. The van der Waals surface area contributed by atoms with E-state index in [1.807, 2.05) is 24.3 Å². The van der Waals surface area contributed by atoms with Crippen LogP contribution in [-0.2, 0) is 6.42 Å². The van der Waals surface area contributed by atoms with Crippen molar-refractivity contribution < 1.29 is 9.18 Å². The van der Waals surface area contributed by atoms with Crippen LogP contribution in [-0.4, -0.2) is 11.0 Å². The molecule has 5 heteroatoms. The van der Waals surface area contributed by atoms with Gasteiger partial charge in [0.1, 0.15) is 5.82 Å². The van der Waals surface area contributed by atoms with Crippen molar-refractivity contribution >= 4 is 28.9 Å². The number of carbonyl (C=O) groups is 1. The van der Waals surface area contributed by atoms with E-state index >= 15 is 0 Å². The van der Waals surface area contributed by atoms with Crippen LogP contribution >= 0.6 is 12.2 Å². The summed E-state index contributed by atoms with van der Waals surface area (Å²) in [4.78, 5) is 12.1. The molecule has 0 aromatic heterocycles. The largest absolute Gasteiger partial charge is 0.332 e. The molecular weight excluding hydrogens is 347 g/mol. The fourth-order valence-electron chi connectivity index (χ4n) is 3.16. The van der Waals surface area contributed by atoms with Gasteiger partial charge in [-0.25, -0.2) is 4.39 Å². The summed E-state index contributed by atoms with van der Waals surface area (Å²) < 4.78 is 12.9. The van der Waals surface area contributed by atoms with Crippen molar-refractivity contribution in [1.82, 2.24) is 5.32 Å². The Morgan fingerprint density at radius 2 is 1.65 bits per heavy atom. The zero-order valence-corrected chi connectivity index (χ0v) is 14.6. The van der Waals surface area contributed by atoms with Crippen LogP contribution in [0.3, 0.4) is 0 Å². The molecule has 1 aliphatic rings. The number of benzene rings is 3. The first-order chi connectivity index (χ1) is 12.6. The zero-order chi connectivity index (χ0) is 18.1. The van der Waals surface area contributed by atoms with Gasteiger partial charge in [-0.3, -0.25) is 10.1 Å². The summed E-state index contributed by atoms with van der Waals surface area (Å²) in [5.74, 6) is -0.766. The maximum atomic E-state index is 12.9. The first-order valence-corrected chi connectivity index (χ1v) is 8.60. The van der Waals surface area contributed by atoms with E-state index in [4.69, 9.17) is 12.2 Å². The standard InChI is InChI=1S/C21H15FN2OS/c22-16-7-5-13(6-8-16)20(25)24-21(26)23-17-9-10-19-15(12-17)11-14-3-1-2-4-18(14)19/h1-10,12H,11H2,(H2,23,24,25,26). The number of halogens is 1. The highest BCUT2D eigenvalue weighted by Crippen LogP contribution is 2.37. The van der Waals surface area contributed by atoms with Gasteiger partial charge in [-0.1, -0.05) is 30.3 Å². The second-order valence-corrected chi connectivity index (χ2v) is 6.53. The first-order valence-electron chi connectivity index (χ1n) is 8.19. The molecule has 4 rings (SSSR count). The molecule has 3 aromatic rings. The van der Waals surface area contributed by atoms with Crippen LogP contribution in [0.1, 0.15) is 21.5 Å². The molecule has 1 aliphatic carbocycles. The lowest BCUT2D eigenvalue weighted by Crippen LogP contribution is -2.34. The van der Waals surface area contributed by atoms with E-state index in [1.165, 1.54) is 46.5 Å². The Labute approximate surface area is 155 Å². The molecule has 0 bridgehead atoms. The normalized spacial score (nSPS) is 11.4. The molecule has 0 heterocycles. The Bertz CT molecular complexity index is 1010. The van der Waals surface area contributed by atoms with Crippen LogP contribution in [0.5, 0.6) is 0 Å². The van der Waals surface area contributed by atoms with Crippen molar-refractivity contribution in [2.45, 2.75) is 6.42 Å². The maximum absolute atomic E-state index is 12.9. The van der Waals surface area contributed by atoms with E-state index in [0.29, 0.717) is 5.56 Å². The van der Waals surface area contributed by atoms with Gasteiger partial charge in [0.2, 0.25) is 0 Å². The van der Waals surface area contributed by atoms with Gasteiger partial charge in [-0.2, -0.15) is 0 Å². The molecule has 0 saturated carbocycles. The van der Waals surface area contributed by atoms with Gasteiger partial charge in [-0.15, -0.1) is 0 Å². The Morgan fingerprint density at radius 1 is 0.923 bits per heavy atom. The summed E-state index contributed by atoms with van der Waals surface area (Å²) in [6.07, 6.45) is 0.885. The van der Waals surface area contributed by atoms with Gasteiger partial charge in [0.05, 0.1) is 0 Å². The summed E-state index contributed by atoms with van der Waals surface area (Å²) in [5, 5.41) is 5.85. The second-order valence-electron chi connectivity index (χ2n) is 6.12. The average molecular weight is 362 g/mol. The second kappa shape index (κ2) is 6.69. The summed E-state index contributed by atoms with van der Waals surface area (Å²) in [6, 6.07) is 19.7. The Morgan fingerprint density at radius 3 is 2.46 bits per heavy atom. The monoisotopic (exact) mass is 362 g/mol. The third-order valence-electron chi connectivity index (χ3n) is 4.39. The fraction of sp³-hybridized carbons (Fsp3) is 0.0476. The molecular formula is C21H15FN2OS. The number of nitrogens with one attached hydrogen (secondary N) is 2. The molecule has 0 aliphatic heterocycles. The van der Waals surface area contributed by atoms with Crippen molar-refractivity contribution in [2.75, 3.05) is 5.32 Å². The zero-order valence-electron chi connectivity index (χ0n) is 13.8. The van der Waals surface area contributed by atoms with Crippen molar-refractivity contribution in [3.05, 3.63) is 89.2 Å². The molecule has 26 heavy (non-hydrogen) atoms. The summed E-state index contributed by atoms with van der Waals surface area (Å²) >= 11 is 5.22. The first kappa shape index (κ1) is 16.4. The van der Waals surface area contributed by atoms with Crippen molar-refractivity contribution in [1.29, 1.82) is 0 Å². The lowest BCUT2D eigenvalue weighted by Gasteiger charge is -2.11. The van der Waals surface area contributed by atoms with Gasteiger partial charge in [0.15, 0.2) is 5.11 Å². The Hall–Kier alpha value is -3.05. The Balaban J connectivity index is 1.45. The number of thiocarbonyl (C=S) groups is 1. The molecule has 0 atom stereocenters. The molecule has 0 saturated heterocycles. The maximum Gasteiger partial charge on any atom is 0.257 e. The van der Waals surface area contributed by atoms with Crippen molar-refractivity contribution in [3.8, 4) is 11.1 Å². The summed E-state index contributed by atoms with van der Waals surface area (Å²) in [5.41, 5.74) is 6.20. The topological polar surface area (TPSA) is 41.1 Å². The van der Waals surface area contributed by atoms with Crippen molar-refractivity contribution in [3.63, 3.8) is 0 Å². The quantitative estimate of drug-likeness (QED) is 0.515. The molecule has 3 aromatic carbocycles. The van der Waals surface area contributed by atoms with E-state index in [9.17, 15) is 9.18 Å². The number of fused-ring (bicyclic) bond motifs is 3. The van der Waals surface area contributed by atoms with Gasteiger partial charge in [0, 0.05) is 11.3 Å². The van der Waals surface area contributed by atoms with Gasteiger partial charge in [0.25, 0.3) is 5.91 Å². The van der Waals surface area contributed by atoms with Crippen LogP contribution in [0.2, 0.25) is 0 Å². The SMILES string of the molecule is O=C(NC(=S)Nc1ccc2c(c1)Cc1ccccc1-2)c1ccc(F)cc1. The minimum Gasteiger partial charge on any atom is -0.332 e. The third kappa shape index (κ3) is 3.21. The van der Waals surface area contributed by atoms with Gasteiger partial charge < -0.3 is 5.32 Å². The third-order valence-corrected chi connectivity index (χ3v) is 4.59. The molecule has 0 unspecified atom stereocenters. The van der Waals surface area contributed by atoms with Crippen LogP contribution in [0.25, 0.3) is 11.1 Å². The molecule has 1 amide bonds. The van der Waals surface area contributed by atoms with E-state index in [0.717, 1.165) is 12.1 Å². The smallest absolute Gasteiger partial charge is 0.257 e. The molecule has 0 fully saturated rings. The number of rotatable bonds is 2. The summed E-state index contributed by atoms with van der Waals surface area (Å²) in [6.45, 7) is 0.